The topological polar surface area (TPSA) is 64.3 Å². The van der Waals surface area contributed by atoms with Crippen LogP contribution in [0.25, 0.3) is 0 Å². The Labute approximate surface area is 100.0 Å². The third kappa shape index (κ3) is 3.71. The molecule has 0 bridgehead atoms. The first-order chi connectivity index (χ1) is 8.08. The number of rotatable bonds is 5. The van der Waals surface area contributed by atoms with E-state index in [9.17, 15) is 9.18 Å². The van der Waals surface area contributed by atoms with Crippen molar-refractivity contribution in [1.29, 1.82) is 0 Å². The van der Waals surface area contributed by atoms with Gasteiger partial charge in [-0.15, -0.1) is 0 Å². The van der Waals surface area contributed by atoms with Crippen molar-refractivity contribution in [2.45, 2.75) is 19.4 Å². The van der Waals surface area contributed by atoms with E-state index in [0.29, 0.717) is 24.3 Å². The highest BCUT2D eigenvalue weighted by atomic mass is 19.1. The second kappa shape index (κ2) is 6.20. The molecule has 3 N–H and O–H groups in total. The Morgan fingerprint density at radius 2 is 2.29 bits per heavy atom. The second-order valence-electron chi connectivity index (χ2n) is 3.67. The van der Waals surface area contributed by atoms with Gasteiger partial charge in [0.2, 0.25) is 0 Å². The molecule has 0 saturated heterocycles. The van der Waals surface area contributed by atoms with Crippen LogP contribution in [0.1, 0.15) is 12.5 Å². The van der Waals surface area contributed by atoms with Gasteiger partial charge < -0.3 is 15.8 Å². The molecule has 5 heteroatoms. The van der Waals surface area contributed by atoms with Gasteiger partial charge in [0.25, 0.3) is 5.91 Å². The van der Waals surface area contributed by atoms with Gasteiger partial charge >= 0.3 is 0 Å². The maximum absolute atomic E-state index is 13.1. The molecule has 1 aromatic rings. The maximum atomic E-state index is 13.1. The number of halogens is 1. The third-order valence-electron chi connectivity index (χ3n) is 2.36. The number of ether oxygens (including phenoxy) is 1. The quantitative estimate of drug-likeness (QED) is 0.801. The van der Waals surface area contributed by atoms with Gasteiger partial charge in [-0.2, -0.15) is 0 Å². The van der Waals surface area contributed by atoms with Gasteiger partial charge in [0.05, 0.1) is 0 Å². The summed E-state index contributed by atoms with van der Waals surface area (Å²) in [5, 5.41) is 2.49. The Morgan fingerprint density at radius 3 is 2.88 bits per heavy atom. The van der Waals surface area contributed by atoms with Gasteiger partial charge in [0, 0.05) is 7.05 Å². The van der Waals surface area contributed by atoms with Crippen molar-refractivity contribution in [2.75, 3.05) is 13.6 Å². The average Bonchev–Trinajstić information content (AvgIpc) is 2.31. The van der Waals surface area contributed by atoms with Crippen LogP contribution in [0.15, 0.2) is 18.2 Å². The lowest BCUT2D eigenvalue weighted by Crippen LogP contribution is -2.34. The van der Waals surface area contributed by atoms with Crippen molar-refractivity contribution in [3.05, 3.63) is 29.6 Å². The number of nitrogens with one attached hydrogen (secondary N) is 1. The third-order valence-corrected chi connectivity index (χ3v) is 2.36. The fourth-order valence-corrected chi connectivity index (χ4v) is 1.46. The number of carbonyl (C=O) groups is 1. The van der Waals surface area contributed by atoms with Gasteiger partial charge in [-0.1, -0.05) is 0 Å². The minimum Gasteiger partial charge on any atom is -0.481 e. The van der Waals surface area contributed by atoms with Crippen LogP contribution in [0.4, 0.5) is 4.39 Å². The molecule has 94 valence electrons. The fraction of sp³-hybridized carbons (Fsp3) is 0.417. The predicted molar refractivity (Wildman–Crippen MR) is 63.3 cm³/mol. The van der Waals surface area contributed by atoms with E-state index in [1.54, 1.807) is 6.92 Å². The van der Waals surface area contributed by atoms with E-state index in [1.807, 2.05) is 0 Å². The molecule has 4 nitrogen and oxygen atoms in total. The molecule has 0 heterocycles. The van der Waals surface area contributed by atoms with Crippen LogP contribution in [0.5, 0.6) is 5.75 Å². The normalized spacial score (nSPS) is 12.0. The van der Waals surface area contributed by atoms with E-state index in [1.165, 1.54) is 25.2 Å². The van der Waals surface area contributed by atoms with E-state index in [0.717, 1.165) is 0 Å². The molecule has 0 radical (unpaired) electrons. The van der Waals surface area contributed by atoms with Gasteiger partial charge in [-0.05, 0) is 43.7 Å². The molecule has 0 aliphatic heterocycles. The van der Waals surface area contributed by atoms with E-state index in [-0.39, 0.29) is 11.7 Å². The van der Waals surface area contributed by atoms with Crippen LogP contribution in [0.3, 0.4) is 0 Å². The highest BCUT2D eigenvalue weighted by molar-refractivity contribution is 5.80. The van der Waals surface area contributed by atoms with Crippen molar-refractivity contribution in [2.24, 2.45) is 5.73 Å². The molecule has 1 unspecified atom stereocenters. The van der Waals surface area contributed by atoms with Crippen LogP contribution in [0.2, 0.25) is 0 Å². The summed E-state index contributed by atoms with van der Waals surface area (Å²) in [6.45, 7) is 2.03. The summed E-state index contributed by atoms with van der Waals surface area (Å²) in [4.78, 5) is 11.3. The molecule has 1 rings (SSSR count). The number of amides is 1. The summed E-state index contributed by atoms with van der Waals surface area (Å²) in [5.41, 5.74) is 6.11. The zero-order valence-electron chi connectivity index (χ0n) is 10.00. The molecule has 1 atom stereocenters. The van der Waals surface area contributed by atoms with E-state index < -0.39 is 6.10 Å². The first-order valence-electron chi connectivity index (χ1n) is 5.45. The standard InChI is InChI=1S/C12H17FN2O2/c1-8(12(16)15-2)17-11-4-3-10(13)7-9(11)5-6-14/h3-4,7-8H,5-6,14H2,1-2H3,(H,15,16). The largest absolute Gasteiger partial charge is 0.481 e. The summed E-state index contributed by atoms with van der Waals surface area (Å²) in [6.07, 6.45) is -0.116. The molecular weight excluding hydrogens is 223 g/mol. The zero-order chi connectivity index (χ0) is 12.8. The zero-order valence-corrected chi connectivity index (χ0v) is 10.00. The average molecular weight is 240 g/mol. The first-order valence-corrected chi connectivity index (χ1v) is 5.45. The molecule has 0 aliphatic carbocycles. The summed E-state index contributed by atoms with van der Waals surface area (Å²) in [6, 6.07) is 4.18. The summed E-state index contributed by atoms with van der Waals surface area (Å²) in [5.74, 6) is -0.0747. The highest BCUT2D eigenvalue weighted by Gasteiger charge is 2.14. The smallest absolute Gasteiger partial charge is 0.260 e. The van der Waals surface area contributed by atoms with Crippen LogP contribution < -0.4 is 15.8 Å². The van der Waals surface area contributed by atoms with Gasteiger partial charge in [-0.25, -0.2) is 4.39 Å². The maximum Gasteiger partial charge on any atom is 0.260 e. The number of likely N-dealkylation sites (N-methyl/N-ethyl adjacent to an activating group) is 1. The van der Waals surface area contributed by atoms with Crippen molar-refractivity contribution in [3.63, 3.8) is 0 Å². The summed E-state index contributed by atoms with van der Waals surface area (Å²) in [7, 11) is 1.54. The van der Waals surface area contributed by atoms with Crippen LogP contribution in [0, 0.1) is 5.82 Å². The Bertz CT molecular complexity index is 396. The van der Waals surface area contributed by atoms with Crippen molar-refractivity contribution in [3.8, 4) is 5.75 Å². The minimum atomic E-state index is -0.623. The van der Waals surface area contributed by atoms with Crippen molar-refractivity contribution in [1.82, 2.24) is 5.32 Å². The second-order valence-corrected chi connectivity index (χ2v) is 3.67. The summed E-state index contributed by atoms with van der Waals surface area (Å²) < 4.78 is 18.5. The molecule has 0 fully saturated rings. The Balaban J connectivity index is 2.85. The number of benzene rings is 1. The molecule has 0 aliphatic rings. The molecule has 0 spiro atoms. The SMILES string of the molecule is CNC(=O)C(C)Oc1ccc(F)cc1CCN. The Hall–Kier alpha value is -1.62. The van der Waals surface area contributed by atoms with Gasteiger partial charge in [0.15, 0.2) is 6.10 Å². The van der Waals surface area contributed by atoms with Crippen LogP contribution in [-0.2, 0) is 11.2 Å². The monoisotopic (exact) mass is 240 g/mol. The number of hydrogen-bond donors (Lipinski definition) is 2. The van der Waals surface area contributed by atoms with Crippen molar-refractivity contribution >= 4 is 5.91 Å². The predicted octanol–water partition coefficient (Wildman–Crippen LogP) is 0.840. The molecular formula is C12H17FN2O2. The van der Waals surface area contributed by atoms with Crippen LogP contribution in [-0.4, -0.2) is 25.6 Å². The highest BCUT2D eigenvalue weighted by Crippen LogP contribution is 2.21. The molecule has 1 amide bonds. The molecule has 0 saturated carbocycles. The Kier molecular flexibility index (Phi) is 4.90. The van der Waals surface area contributed by atoms with Crippen LogP contribution >= 0.6 is 0 Å². The molecule has 1 aromatic carbocycles. The number of carbonyl (C=O) groups excluding carboxylic acids is 1. The minimum absolute atomic E-state index is 0.229. The van der Waals surface area contributed by atoms with Crippen molar-refractivity contribution < 1.29 is 13.9 Å². The molecule has 17 heavy (non-hydrogen) atoms. The molecule has 0 aromatic heterocycles. The number of nitrogens with two attached hydrogens (primary N) is 1. The fourth-order valence-electron chi connectivity index (χ4n) is 1.46. The number of hydrogen-bond acceptors (Lipinski definition) is 3. The van der Waals surface area contributed by atoms with Gasteiger partial charge in [0.1, 0.15) is 11.6 Å². The Morgan fingerprint density at radius 1 is 1.59 bits per heavy atom. The lowest BCUT2D eigenvalue weighted by atomic mass is 10.1. The lowest BCUT2D eigenvalue weighted by molar-refractivity contribution is -0.126. The van der Waals surface area contributed by atoms with E-state index >= 15 is 0 Å². The first kappa shape index (κ1) is 13.4. The van der Waals surface area contributed by atoms with Gasteiger partial charge in [-0.3, -0.25) is 4.79 Å². The summed E-state index contributed by atoms with van der Waals surface area (Å²) >= 11 is 0. The van der Waals surface area contributed by atoms with E-state index in [4.69, 9.17) is 10.5 Å². The lowest BCUT2D eigenvalue weighted by Gasteiger charge is -2.16. The van der Waals surface area contributed by atoms with E-state index in [2.05, 4.69) is 5.32 Å².